The minimum Gasteiger partial charge on any atom is -0.327 e. The molecule has 84 valence electrons. The van der Waals surface area contributed by atoms with Crippen molar-refractivity contribution >= 4 is 0 Å². The molecule has 1 rings (SSSR count). The highest BCUT2D eigenvalue weighted by Gasteiger charge is 2.35. The van der Waals surface area contributed by atoms with Crippen molar-refractivity contribution in [1.29, 1.82) is 0 Å². The molecule has 1 aliphatic rings. The van der Waals surface area contributed by atoms with Crippen LogP contribution in [0.4, 0.5) is 0 Å². The summed E-state index contributed by atoms with van der Waals surface area (Å²) in [6.45, 7) is 9.31. The van der Waals surface area contributed by atoms with Gasteiger partial charge in [-0.2, -0.15) is 0 Å². The normalized spacial score (nSPS) is 35.1. The van der Waals surface area contributed by atoms with Crippen LogP contribution < -0.4 is 5.73 Å². The van der Waals surface area contributed by atoms with Gasteiger partial charge in [0.25, 0.3) is 0 Å². The fourth-order valence-corrected chi connectivity index (χ4v) is 3.32. The molecule has 4 unspecified atom stereocenters. The molecule has 1 nitrogen and oxygen atoms in total. The summed E-state index contributed by atoms with van der Waals surface area (Å²) in [6, 6.07) is 0.449. The summed E-state index contributed by atoms with van der Waals surface area (Å²) < 4.78 is 0. The largest absolute Gasteiger partial charge is 0.327 e. The molecule has 0 aliphatic heterocycles. The van der Waals surface area contributed by atoms with E-state index in [-0.39, 0.29) is 0 Å². The van der Waals surface area contributed by atoms with Crippen LogP contribution in [0, 0.1) is 23.7 Å². The van der Waals surface area contributed by atoms with Gasteiger partial charge in [0.1, 0.15) is 0 Å². The molecule has 0 aromatic carbocycles. The Morgan fingerprint density at radius 2 is 1.71 bits per heavy atom. The molecule has 0 aromatic rings. The molecule has 1 heteroatoms. The molecule has 0 aromatic heterocycles. The first kappa shape index (κ1) is 12.0. The summed E-state index contributed by atoms with van der Waals surface area (Å²) in [5, 5.41) is 0. The zero-order valence-corrected chi connectivity index (χ0v) is 10.3. The molecule has 14 heavy (non-hydrogen) atoms. The summed E-state index contributed by atoms with van der Waals surface area (Å²) in [5.74, 6) is 3.28. The van der Waals surface area contributed by atoms with Crippen LogP contribution in [0.2, 0.25) is 0 Å². The number of nitrogens with two attached hydrogens (primary N) is 1. The third kappa shape index (κ3) is 2.50. The minimum atomic E-state index is 0.449. The van der Waals surface area contributed by atoms with Crippen molar-refractivity contribution in [3.05, 3.63) is 0 Å². The molecule has 4 atom stereocenters. The van der Waals surface area contributed by atoms with Gasteiger partial charge in [0.05, 0.1) is 0 Å². The molecule has 1 aliphatic carbocycles. The van der Waals surface area contributed by atoms with E-state index < -0.39 is 0 Å². The summed E-state index contributed by atoms with van der Waals surface area (Å²) in [6.07, 6.45) is 5.24. The van der Waals surface area contributed by atoms with E-state index in [1.54, 1.807) is 0 Å². The Hall–Kier alpha value is -0.0400. The molecule has 0 heterocycles. The highest BCUT2D eigenvalue weighted by Crippen LogP contribution is 2.39. The predicted octanol–water partition coefficient (Wildman–Crippen LogP) is 3.43. The predicted molar refractivity (Wildman–Crippen MR) is 63.1 cm³/mol. The Bertz CT molecular complexity index is 163. The van der Waals surface area contributed by atoms with Gasteiger partial charge in [0.15, 0.2) is 0 Å². The van der Waals surface area contributed by atoms with E-state index in [1.807, 2.05) is 0 Å². The maximum Gasteiger partial charge on any atom is 0.00980 e. The first-order valence-corrected chi connectivity index (χ1v) is 6.35. The van der Waals surface area contributed by atoms with Gasteiger partial charge in [-0.05, 0) is 36.5 Å². The first-order chi connectivity index (χ1) is 6.60. The molecule has 0 amide bonds. The Kier molecular flexibility index (Phi) is 4.43. The van der Waals surface area contributed by atoms with Crippen molar-refractivity contribution in [2.24, 2.45) is 29.4 Å². The van der Waals surface area contributed by atoms with Gasteiger partial charge in [0, 0.05) is 6.04 Å². The number of hydrogen-bond acceptors (Lipinski definition) is 1. The van der Waals surface area contributed by atoms with Crippen LogP contribution in [0.1, 0.15) is 53.4 Å². The summed E-state index contributed by atoms with van der Waals surface area (Å²) >= 11 is 0. The van der Waals surface area contributed by atoms with Crippen molar-refractivity contribution in [2.75, 3.05) is 0 Å². The van der Waals surface area contributed by atoms with Crippen LogP contribution >= 0.6 is 0 Å². The van der Waals surface area contributed by atoms with Gasteiger partial charge in [-0.15, -0.1) is 0 Å². The molecule has 1 saturated carbocycles. The summed E-state index contributed by atoms with van der Waals surface area (Å²) in [7, 11) is 0. The fourth-order valence-electron chi connectivity index (χ4n) is 3.32. The molecule has 0 radical (unpaired) electrons. The van der Waals surface area contributed by atoms with Crippen LogP contribution in [0.5, 0.6) is 0 Å². The van der Waals surface area contributed by atoms with Crippen molar-refractivity contribution in [3.8, 4) is 0 Å². The minimum absolute atomic E-state index is 0.449. The SMILES string of the molecule is CCC(CC)C(N)C1CC(C)CC1C. The topological polar surface area (TPSA) is 26.0 Å². The fraction of sp³-hybridized carbons (Fsp3) is 1.00. The Labute approximate surface area is 89.5 Å². The van der Waals surface area contributed by atoms with E-state index in [0.717, 1.165) is 23.7 Å². The van der Waals surface area contributed by atoms with Gasteiger partial charge in [-0.25, -0.2) is 0 Å². The second kappa shape index (κ2) is 5.16. The van der Waals surface area contributed by atoms with Crippen LogP contribution in [0.25, 0.3) is 0 Å². The van der Waals surface area contributed by atoms with Gasteiger partial charge in [-0.1, -0.05) is 40.5 Å². The molecule has 0 spiro atoms. The summed E-state index contributed by atoms with van der Waals surface area (Å²) in [5.41, 5.74) is 6.40. The molecular weight excluding hydrogens is 170 g/mol. The Morgan fingerprint density at radius 3 is 2.07 bits per heavy atom. The average Bonchev–Trinajstić information content (AvgIpc) is 2.47. The summed E-state index contributed by atoms with van der Waals surface area (Å²) in [4.78, 5) is 0. The average molecular weight is 197 g/mol. The van der Waals surface area contributed by atoms with Crippen LogP contribution in [-0.4, -0.2) is 6.04 Å². The van der Waals surface area contributed by atoms with E-state index >= 15 is 0 Å². The second-order valence-corrected chi connectivity index (χ2v) is 5.37. The molecule has 2 N–H and O–H groups in total. The maximum atomic E-state index is 6.40. The third-order valence-corrected chi connectivity index (χ3v) is 4.27. The molecule has 1 fully saturated rings. The molecule has 0 saturated heterocycles. The highest BCUT2D eigenvalue weighted by atomic mass is 14.7. The third-order valence-electron chi connectivity index (χ3n) is 4.27. The van der Waals surface area contributed by atoms with Gasteiger partial charge >= 0.3 is 0 Å². The van der Waals surface area contributed by atoms with E-state index in [9.17, 15) is 0 Å². The van der Waals surface area contributed by atoms with Gasteiger partial charge in [-0.3, -0.25) is 0 Å². The van der Waals surface area contributed by atoms with Crippen molar-refractivity contribution in [1.82, 2.24) is 0 Å². The van der Waals surface area contributed by atoms with E-state index in [1.165, 1.54) is 25.7 Å². The second-order valence-electron chi connectivity index (χ2n) is 5.37. The van der Waals surface area contributed by atoms with Crippen LogP contribution in [0.15, 0.2) is 0 Å². The molecular formula is C13H27N. The van der Waals surface area contributed by atoms with Crippen molar-refractivity contribution in [2.45, 2.75) is 59.4 Å². The lowest BCUT2D eigenvalue weighted by Crippen LogP contribution is -2.38. The first-order valence-electron chi connectivity index (χ1n) is 6.35. The number of rotatable bonds is 4. The van der Waals surface area contributed by atoms with Crippen LogP contribution in [-0.2, 0) is 0 Å². The zero-order valence-electron chi connectivity index (χ0n) is 10.3. The standard InChI is InChI=1S/C13H27N/c1-5-11(6-2)13(14)12-8-9(3)7-10(12)4/h9-13H,5-8,14H2,1-4H3. The Morgan fingerprint density at radius 1 is 1.14 bits per heavy atom. The maximum absolute atomic E-state index is 6.40. The van der Waals surface area contributed by atoms with Crippen molar-refractivity contribution in [3.63, 3.8) is 0 Å². The van der Waals surface area contributed by atoms with Gasteiger partial charge < -0.3 is 5.73 Å². The lowest BCUT2D eigenvalue weighted by Gasteiger charge is -2.29. The lowest BCUT2D eigenvalue weighted by atomic mass is 9.81. The highest BCUT2D eigenvalue weighted by molar-refractivity contribution is 4.88. The number of hydrogen-bond donors (Lipinski definition) is 1. The quantitative estimate of drug-likeness (QED) is 0.734. The zero-order chi connectivity index (χ0) is 10.7. The molecule has 0 bridgehead atoms. The Balaban J connectivity index is 2.55. The smallest absolute Gasteiger partial charge is 0.00980 e. The van der Waals surface area contributed by atoms with Crippen LogP contribution in [0.3, 0.4) is 0 Å². The van der Waals surface area contributed by atoms with Crippen molar-refractivity contribution < 1.29 is 0 Å². The van der Waals surface area contributed by atoms with E-state index in [0.29, 0.717) is 6.04 Å². The van der Waals surface area contributed by atoms with E-state index in [2.05, 4.69) is 27.7 Å². The van der Waals surface area contributed by atoms with E-state index in [4.69, 9.17) is 5.73 Å². The van der Waals surface area contributed by atoms with Gasteiger partial charge in [0.2, 0.25) is 0 Å². The monoisotopic (exact) mass is 197 g/mol. The lowest BCUT2D eigenvalue weighted by molar-refractivity contribution is 0.252.